The van der Waals surface area contributed by atoms with Crippen LogP contribution < -0.4 is 0 Å². The Balaban J connectivity index is 1.55. The minimum absolute atomic E-state index is 0.483. The van der Waals surface area contributed by atoms with E-state index in [0.29, 0.717) is 6.04 Å². The molecule has 0 saturated carbocycles. The molecule has 132 valence electrons. The number of rotatable bonds is 7. The van der Waals surface area contributed by atoms with E-state index in [-0.39, 0.29) is 0 Å². The highest BCUT2D eigenvalue weighted by Gasteiger charge is 2.28. The molecular formula is C22H29N3. The topological polar surface area (TPSA) is 18.8 Å². The summed E-state index contributed by atoms with van der Waals surface area (Å²) < 4.78 is 0. The van der Waals surface area contributed by atoms with E-state index in [1.54, 1.807) is 0 Å². The van der Waals surface area contributed by atoms with E-state index in [1.165, 1.54) is 24.0 Å². The van der Waals surface area contributed by atoms with E-state index in [2.05, 4.69) is 84.6 Å². The molecule has 0 spiro atoms. The van der Waals surface area contributed by atoms with Crippen LogP contribution in [-0.2, 0) is 12.8 Å². The molecule has 2 aromatic carbocycles. The molecule has 3 heteroatoms. The summed E-state index contributed by atoms with van der Waals surface area (Å²) in [5, 5.41) is 0. The van der Waals surface area contributed by atoms with Crippen LogP contribution in [-0.4, -0.2) is 49.0 Å². The normalized spacial score (nSPS) is 16.8. The van der Waals surface area contributed by atoms with Gasteiger partial charge in [0.25, 0.3) is 0 Å². The number of aliphatic imine (C=N–C) groups is 1. The van der Waals surface area contributed by atoms with Gasteiger partial charge in [-0.25, -0.2) is 0 Å². The smallest absolute Gasteiger partial charge is 0.196 e. The van der Waals surface area contributed by atoms with Crippen LogP contribution in [0.4, 0.5) is 0 Å². The van der Waals surface area contributed by atoms with E-state index in [1.807, 2.05) is 0 Å². The van der Waals surface area contributed by atoms with Crippen molar-refractivity contribution in [2.24, 2.45) is 4.99 Å². The van der Waals surface area contributed by atoms with Crippen LogP contribution in [0.2, 0.25) is 0 Å². The molecule has 1 atom stereocenters. The van der Waals surface area contributed by atoms with Gasteiger partial charge in [-0.15, -0.1) is 0 Å². The Morgan fingerprint density at radius 2 is 1.56 bits per heavy atom. The van der Waals surface area contributed by atoms with Gasteiger partial charge in [0.05, 0.1) is 12.6 Å². The molecule has 0 radical (unpaired) electrons. The summed E-state index contributed by atoms with van der Waals surface area (Å²) in [6.45, 7) is 1.99. The second-order valence-electron chi connectivity index (χ2n) is 7.01. The zero-order chi connectivity index (χ0) is 17.5. The Hall–Kier alpha value is -2.29. The fourth-order valence-electron chi connectivity index (χ4n) is 3.54. The number of guanidine groups is 1. The van der Waals surface area contributed by atoms with Gasteiger partial charge in [0, 0.05) is 20.6 Å². The predicted octanol–water partition coefficient (Wildman–Crippen LogP) is 3.85. The van der Waals surface area contributed by atoms with Crippen LogP contribution in [0.1, 0.15) is 24.0 Å². The number of benzene rings is 2. The Morgan fingerprint density at radius 1 is 0.920 bits per heavy atom. The van der Waals surface area contributed by atoms with Crippen LogP contribution in [0.25, 0.3) is 0 Å². The zero-order valence-electron chi connectivity index (χ0n) is 15.4. The van der Waals surface area contributed by atoms with Gasteiger partial charge in [-0.1, -0.05) is 60.7 Å². The maximum atomic E-state index is 4.80. The second-order valence-corrected chi connectivity index (χ2v) is 7.01. The van der Waals surface area contributed by atoms with Gasteiger partial charge in [0.2, 0.25) is 0 Å². The SMILES string of the molecule is CN(C)C1=NC[C@H](Cc2ccccc2)N1CCCCc1ccccc1. The van der Waals surface area contributed by atoms with Crippen molar-refractivity contribution in [2.45, 2.75) is 31.7 Å². The van der Waals surface area contributed by atoms with Crippen LogP contribution in [0, 0.1) is 0 Å². The lowest BCUT2D eigenvalue weighted by molar-refractivity contribution is 0.305. The van der Waals surface area contributed by atoms with Crippen molar-refractivity contribution in [3.8, 4) is 0 Å². The highest BCUT2D eigenvalue weighted by atomic mass is 15.4. The molecule has 3 rings (SSSR count). The summed E-state index contributed by atoms with van der Waals surface area (Å²) in [6, 6.07) is 22.1. The molecule has 3 nitrogen and oxygen atoms in total. The van der Waals surface area contributed by atoms with E-state index in [0.717, 1.165) is 31.9 Å². The second kappa shape index (κ2) is 8.70. The average Bonchev–Trinajstić information content (AvgIpc) is 3.03. The molecule has 0 unspecified atom stereocenters. The van der Waals surface area contributed by atoms with Crippen molar-refractivity contribution in [1.29, 1.82) is 0 Å². The molecule has 1 aliphatic rings. The first kappa shape index (κ1) is 17.5. The molecule has 1 heterocycles. The lowest BCUT2D eigenvalue weighted by atomic mass is 10.0. The fourth-order valence-corrected chi connectivity index (χ4v) is 3.54. The number of unbranched alkanes of at least 4 members (excludes halogenated alkanes) is 1. The monoisotopic (exact) mass is 335 g/mol. The highest BCUT2D eigenvalue weighted by Crippen LogP contribution is 2.18. The third-order valence-electron chi connectivity index (χ3n) is 4.81. The Bertz CT molecular complexity index is 664. The highest BCUT2D eigenvalue weighted by molar-refractivity contribution is 5.81. The van der Waals surface area contributed by atoms with Gasteiger partial charge < -0.3 is 9.80 Å². The molecule has 2 aromatic rings. The molecule has 0 bridgehead atoms. The van der Waals surface area contributed by atoms with Gasteiger partial charge in [-0.2, -0.15) is 0 Å². The fraction of sp³-hybridized carbons (Fsp3) is 0.409. The van der Waals surface area contributed by atoms with Gasteiger partial charge in [-0.3, -0.25) is 4.99 Å². The van der Waals surface area contributed by atoms with Crippen molar-refractivity contribution < 1.29 is 0 Å². The first-order chi connectivity index (χ1) is 12.2. The molecule has 0 saturated heterocycles. The number of hydrogen-bond donors (Lipinski definition) is 0. The summed E-state index contributed by atoms with van der Waals surface area (Å²) in [4.78, 5) is 9.47. The number of aryl methyl sites for hydroxylation is 1. The molecule has 0 aliphatic carbocycles. The quantitative estimate of drug-likeness (QED) is 0.716. The van der Waals surface area contributed by atoms with E-state index in [9.17, 15) is 0 Å². The van der Waals surface area contributed by atoms with Crippen LogP contribution in [0.5, 0.6) is 0 Å². The van der Waals surface area contributed by atoms with Crippen molar-refractivity contribution >= 4 is 5.96 Å². The van der Waals surface area contributed by atoms with Crippen molar-refractivity contribution in [3.05, 3.63) is 71.8 Å². The van der Waals surface area contributed by atoms with E-state index < -0.39 is 0 Å². The number of nitrogens with zero attached hydrogens (tertiary/aromatic N) is 3. The predicted molar refractivity (Wildman–Crippen MR) is 106 cm³/mol. The Kier molecular flexibility index (Phi) is 6.10. The lowest BCUT2D eigenvalue weighted by Gasteiger charge is -2.31. The Labute approximate surface area is 152 Å². The summed E-state index contributed by atoms with van der Waals surface area (Å²) in [5.41, 5.74) is 2.84. The first-order valence-electron chi connectivity index (χ1n) is 9.30. The number of hydrogen-bond acceptors (Lipinski definition) is 3. The molecule has 0 amide bonds. The zero-order valence-corrected chi connectivity index (χ0v) is 15.4. The largest absolute Gasteiger partial charge is 0.349 e. The van der Waals surface area contributed by atoms with Gasteiger partial charge in [0.1, 0.15) is 0 Å². The first-order valence-corrected chi connectivity index (χ1v) is 9.30. The van der Waals surface area contributed by atoms with Gasteiger partial charge in [-0.05, 0) is 36.8 Å². The molecule has 0 fully saturated rings. The molecule has 1 aliphatic heterocycles. The van der Waals surface area contributed by atoms with Crippen molar-refractivity contribution in [1.82, 2.24) is 9.80 Å². The summed E-state index contributed by atoms with van der Waals surface area (Å²) in [7, 11) is 4.20. The maximum Gasteiger partial charge on any atom is 0.196 e. The summed E-state index contributed by atoms with van der Waals surface area (Å²) in [6.07, 6.45) is 4.65. The third kappa shape index (κ3) is 4.85. The molecule has 0 N–H and O–H groups in total. The van der Waals surface area contributed by atoms with Crippen LogP contribution >= 0.6 is 0 Å². The molecule has 0 aromatic heterocycles. The average molecular weight is 335 g/mol. The van der Waals surface area contributed by atoms with E-state index >= 15 is 0 Å². The molecule has 25 heavy (non-hydrogen) atoms. The summed E-state index contributed by atoms with van der Waals surface area (Å²) in [5.74, 6) is 1.14. The summed E-state index contributed by atoms with van der Waals surface area (Å²) >= 11 is 0. The van der Waals surface area contributed by atoms with E-state index in [4.69, 9.17) is 4.99 Å². The van der Waals surface area contributed by atoms with Crippen LogP contribution in [0.15, 0.2) is 65.7 Å². The van der Waals surface area contributed by atoms with Gasteiger partial charge in [0.15, 0.2) is 5.96 Å². The third-order valence-corrected chi connectivity index (χ3v) is 4.81. The van der Waals surface area contributed by atoms with Crippen molar-refractivity contribution in [2.75, 3.05) is 27.2 Å². The lowest BCUT2D eigenvalue weighted by Crippen LogP contribution is -2.44. The minimum Gasteiger partial charge on any atom is -0.349 e. The molecular weight excluding hydrogens is 306 g/mol. The Morgan fingerprint density at radius 3 is 2.20 bits per heavy atom. The van der Waals surface area contributed by atoms with Gasteiger partial charge >= 0.3 is 0 Å². The van der Waals surface area contributed by atoms with Crippen molar-refractivity contribution in [3.63, 3.8) is 0 Å². The standard InChI is InChI=1S/C22H29N3/c1-24(2)22-23-18-21(17-20-14-7-4-8-15-20)25(22)16-10-9-13-19-11-5-3-6-12-19/h3-8,11-12,14-15,21H,9-10,13,16-18H2,1-2H3/t21-/m0/s1. The minimum atomic E-state index is 0.483. The van der Waals surface area contributed by atoms with Crippen LogP contribution in [0.3, 0.4) is 0 Å². The maximum absolute atomic E-state index is 4.80.